The van der Waals surface area contributed by atoms with Crippen molar-refractivity contribution in [2.24, 2.45) is 0 Å². The SMILES string of the molecule is c1cc(-c2cccc(-c3nc4ccccc4c4c5ccccc5c5ccccc5c34)c2)cc(-c2nc(-c3ccc4ccccc4c3)nc(-c3ccc4ccccc4c3)n2)c1. The standard InChI is InChI=1S/C56H34N4/c1-3-15-37-32-43(29-27-35(37)13-1)55-58-54(59-56(60-55)44-30-28-36-14-2-4-16-38(36)33-44)42-20-12-18-40(34-42)39-17-11-19-41(31-39)53-52-48-24-8-6-22-46(48)45-21-5-7-23-47(45)51(52)49-25-9-10-26-50(49)57-53/h1-34H. The molecule has 0 radical (unpaired) electrons. The molecule has 0 unspecified atom stereocenters. The van der Waals surface area contributed by atoms with E-state index < -0.39 is 0 Å². The molecule has 0 saturated carbocycles. The molecule has 12 rings (SSSR count). The van der Waals surface area contributed by atoms with Crippen LogP contribution in [0.2, 0.25) is 0 Å². The monoisotopic (exact) mass is 762 g/mol. The lowest BCUT2D eigenvalue weighted by atomic mass is 9.89. The molecule has 0 aliphatic carbocycles. The number of benzene rings is 10. The third-order valence-corrected chi connectivity index (χ3v) is 11.8. The Balaban J connectivity index is 1.02. The predicted molar refractivity (Wildman–Crippen MR) is 250 cm³/mol. The van der Waals surface area contributed by atoms with E-state index >= 15 is 0 Å². The van der Waals surface area contributed by atoms with Gasteiger partial charge in [-0.1, -0.05) is 176 Å². The lowest BCUT2D eigenvalue weighted by Crippen LogP contribution is -2.00. The van der Waals surface area contributed by atoms with Crippen molar-refractivity contribution < 1.29 is 0 Å². The van der Waals surface area contributed by atoms with Gasteiger partial charge in [0.15, 0.2) is 17.5 Å². The van der Waals surface area contributed by atoms with Crippen LogP contribution in [0.25, 0.3) is 121 Å². The van der Waals surface area contributed by atoms with Gasteiger partial charge in [-0.15, -0.1) is 0 Å². The van der Waals surface area contributed by atoms with Gasteiger partial charge in [-0.05, 0) is 84.5 Å². The predicted octanol–water partition coefficient (Wildman–Crippen LogP) is 14.5. The molecular weight excluding hydrogens is 729 g/mol. The molecule has 0 spiro atoms. The van der Waals surface area contributed by atoms with Crippen LogP contribution in [0, 0.1) is 0 Å². The van der Waals surface area contributed by atoms with Gasteiger partial charge in [0.25, 0.3) is 0 Å². The van der Waals surface area contributed by atoms with Crippen LogP contribution >= 0.6 is 0 Å². The van der Waals surface area contributed by atoms with Gasteiger partial charge in [-0.2, -0.15) is 0 Å². The summed E-state index contributed by atoms with van der Waals surface area (Å²) < 4.78 is 0. The molecule has 0 amide bonds. The molecule has 0 atom stereocenters. The van der Waals surface area contributed by atoms with E-state index in [0.717, 1.165) is 60.8 Å². The Labute approximate surface area is 346 Å². The molecule has 0 bridgehead atoms. The van der Waals surface area contributed by atoms with Crippen LogP contribution in [0.15, 0.2) is 206 Å². The van der Waals surface area contributed by atoms with Crippen molar-refractivity contribution in [2.75, 3.05) is 0 Å². The minimum atomic E-state index is 0.620. The fourth-order valence-electron chi connectivity index (χ4n) is 8.94. The largest absolute Gasteiger partial charge is 0.247 e. The second kappa shape index (κ2) is 13.8. The van der Waals surface area contributed by atoms with Crippen molar-refractivity contribution in [3.8, 4) is 56.5 Å². The Morgan fingerprint density at radius 3 is 1.23 bits per heavy atom. The van der Waals surface area contributed by atoms with E-state index in [4.69, 9.17) is 19.9 Å². The van der Waals surface area contributed by atoms with Gasteiger partial charge in [0.2, 0.25) is 0 Å². The zero-order valence-corrected chi connectivity index (χ0v) is 32.4. The van der Waals surface area contributed by atoms with E-state index in [0.29, 0.717) is 17.5 Å². The Morgan fingerprint density at radius 2 is 0.650 bits per heavy atom. The fraction of sp³-hybridized carbons (Fsp3) is 0. The summed E-state index contributed by atoms with van der Waals surface area (Å²) in [7, 11) is 0. The Hall–Kier alpha value is -8.08. The molecule has 10 aromatic carbocycles. The van der Waals surface area contributed by atoms with Crippen LogP contribution < -0.4 is 0 Å². The highest BCUT2D eigenvalue weighted by Crippen LogP contribution is 2.43. The van der Waals surface area contributed by atoms with Gasteiger partial charge in [0.1, 0.15) is 0 Å². The molecular formula is C56H34N4. The molecule has 12 aromatic rings. The summed E-state index contributed by atoms with van der Waals surface area (Å²) in [5, 5.41) is 13.1. The van der Waals surface area contributed by atoms with Crippen molar-refractivity contribution >= 4 is 64.8 Å². The Bertz CT molecular complexity index is 3590. The Morgan fingerprint density at radius 1 is 0.233 bits per heavy atom. The van der Waals surface area contributed by atoms with Gasteiger partial charge < -0.3 is 0 Å². The van der Waals surface area contributed by atoms with Crippen LogP contribution in [0.3, 0.4) is 0 Å². The highest BCUT2D eigenvalue weighted by Gasteiger charge is 2.19. The van der Waals surface area contributed by atoms with E-state index in [-0.39, 0.29) is 0 Å². The summed E-state index contributed by atoms with van der Waals surface area (Å²) in [4.78, 5) is 20.8. The zero-order valence-electron chi connectivity index (χ0n) is 32.4. The molecule has 2 heterocycles. The number of hydrogen-bond acceptors (Lipinski definition) is 4. The first-order chi connectivity index (χ1) is 29.7. The molecule has 2 aromatic heterocycles. The van der Waals surface area contributed by atoms with E-state index in [2.05, 4.69) is 206 Å². The second-order valence-electron chi connectivity index (χ2n) is 15.4. The molecule has 60 heavy (non-hydrogen) atoms. The summed E-state index contributed by atoms with van der Waals surface area (Å²) in [6.45, 7) is 0. The fourth-order valence-corrected chi connectivity index (χ4v) is 8.94. The molecule has 278 valence electrons. The van der Waals surface area contributed by atoms with E-state index in [1.54, 1.807) is 0 Å². The summed E-state index contributed by atoms with van der Waals surface area (Å²) in [6, 6.07) is 72.9. The van der Waals surface area contributed by atoms with Crippen molar-refractivity contribution in [1.29, 1.82) is 0 Å². The molecule has 0 aliphatic heterocycles. The highest BCUT2D eigenvalue weighted by atomic mass is 15.0. The summed E-state index contributed by atoms with van der Waals surface area (Å²) in [6.07, 6.45) is 0. The molecule has 4 nitrogen and oxygen atoms in total. The Kier molecular flexibility index (Phi) is 7.82. The average Bonchev–Trinajstić information content (AvgIpc) is 3.33. The van der Waals surface area contributed by atoms with Crippen LogP contribution in [-0.4, -0.2) is 19.9 Å². The van der Waals surface area contributed by atoms with E-state index in [1.165, 1.54) is 43.1 Å². The molecule has 0 fully saturated rings. The summed E-state index contributed by atoms with van der Waals surface area (Å²) >= 11 is 0. The first-order valence-corrected chi connectivity index (χ1v) is 20.3. The number of aromatic nitrogens is 4. The number of para-hydroxylation sites is 1. The molecule has 0 saturated heterocycles. The number of hydrogen-bond donors (Lipinski definition) is 0. The van der Waals surface area contributed by atoms with E-state index in [1.807, 2.05) is 0 Å². The van der Waals surface area contributed by atoms with Crippen LogP contribution in [0.4, 0.5) is 0 Å². The number of pyridine rings is 1. The zero-order chi connectivity index (χ0) is 39.6. The number of nitrogens with zero attached hydrogens (tertiary/aromatic N) is 4. The topological polar surface area (TPSA) is 51.6 Å². The van der Waals surface area contributed by atoms with Gasteiger partial charge in [-0.3, -0.25) is 0 Å². The lowest BCUT2D eigenvalue weighted by molar-refractivity contribution is 1.08. The normalized spacial score (nSPS) is 11.7. The van der Waals surface area contributed by atoms with E-state index in [9.17, 15) is 0 Å². The lowest BCUT2D eigenvalue weighted by Gasteiger charge is -2.16. The second-order valence-corrected chi connectivity index (χ2v) is 15.4. The van der Waals surface area contributed by atoms with Crippen LogP contribution in [0.1, 0.15) is 0 Å². The third kappa shape index (κ3) is 5.69. The molecule has 4 heteroatoms. The van der Waals surface area contributed by atoms with Gasteiger partial charge in [0.05, 0.1) is 11.2 Å². The first-order valence-electron chi connectivity index (χ1n) is 20.3. The van der Waals surface area contributed by atoms with Gasteiger partial charge in [-0.25, -0.2) is 19.9 Å². The number of fused-ring (bicyclic) bond motifs is 10. The molecule has 0 aliphatic rings. The first kappa shape index (κ1) is 34.0. The maximum absolute atomic E-state index is 5.42. The average molecular weight is 763 g/mol. The number of rotatable bonds is 5. The smallest absolute Gasteiger partial charge is 0.164 e. The summed E-state index contributed by atoms with van der Waals surface area (Å²) in [5.41, 5.74) is 7.96. The maximum Gasteiger partial charge on any atom is 0.164 e. The van der Waals surface area contributed by atoms with Gasteiger partial charge >= 0.3 is 0 Å². The van der Waals surface area contributed by atoms with Crippen molar-refractivity contribution in [3.63, 3.8) is 0 Å². The van der Waals surface area contributed by atoms with Crippen molar-refractivity contribution in [1.82, 2.24) is 19.9 Å². The van der Waals surface area contributed by atoms with Crippen molar-refractivity contribution in [2.45, 2.75) is 0 Å². The minimum Gasteiger partial charge on any atom is -0.247 e. The highest BCUT2D eigenvalue weighted by molar-refractivity contribution is 6.33. The quantitative estimate of drug-likeness (QED) is 0.164. The molecule has 0 N–H and O–H groups in total. The van der Waals surface area contributed by atoms with Crippen molar-refractivity contribution in [3.05, 3.63) is 206 Å². The van der Waals surface area contributed by atoms with Crippen LogP contribution in [-0.2, 0) is 0 Å². The van der Waals surface area contributed by atoms with Crippen LogP contribution in [0.5, 0.6) is 0 Å². The minimum absolute atomic E-state index is 0.620. The van der Waals surface area contributed by atoms with Gasteiger partial charge in [0, 0.05) is 38.4 Å². The maximum atomic E-state index is 5.42. The third-order valence-electron chi connectivity index (χ3n) is 11.8. The summed E-state index contributed by atoms with van der Waals surface area (Å²) in [5.74, 6) is 1.89.